The fourth-order valence-corrected chi connectivity index (χ4v) is 4.02. The van der Waals surface area contributed by atoms with E-state index in [1.165, 1.54) is 0 Å². The minimum absolute atomic E-state index is 0.164. The lowest BCUT2D eigenvalue weighted by Gasteiger charge is -2.32. The first-order valence-electron chi connectivity index (χ1n) is 10.5. The third-order valence-corrected chi connectivity index (χ3v) is 5.76. The SMILES string of the molecule is CC1=C(C(=O)OCc2ccccc2)C(c2ccc(N3CCC(O)CC3)cc2)NC(=O)N1. The molecule has 0 aliphatic carbocycles. The highest BCUT2D eigenvalue weighted by atomic mass is 16.5. The predicted octanol–water partition coefficient (Wildman–Crippen LogP) is 3.02. The van der Waals surface area contributed by atoms with E-state index < -0.39 is 12.0 Å². The Hall–Kier alpha value is -3.32. The number of amides is 2. The summed E-state index contributed by atoms with van der Waals surface area (Å²) in [7, 11) is 0. The minimum Gasteiger partial charge on any atom is -0.457 e. The number of hydrogen-bond donors (Lipinski definition) is 3. The highest BCUT2D eigenvalue weighted by Gasteiger charge is 2.32. The van der Waals surface area contributed by atoms with Crippen molar-refractivity contribution in [3.05, 3.63) is 77.0 Å². The zero-order valence-corrected chi connectivity index (χ0v) is 17.5. The summed E-state index contributed by atoms with van der Waals surface area (Å²) >= 11 is 0. The Balaban J connectivity index is 1.51. The zero-order valence-electron chi connectivity index (χ0n) is 17.5. The molecule has 2 aromatic carbocycles. The molecule has 1 saturated heterocycles. The van der Waals surface area contributed by atoms with Crippen LogP contribution >= 0.6 is 0 Å². The molecule has 1 atom stereocenters. The lowest BCUT2D eigenvalue weighted by atomic mass is 9.95. The van der Waals surface area contributed by atoms with Crippen molar-refractivity contribution in [2.24, 2.45) is 0 Å². The average molecular weight is 421 g/mol. The number of carbonyl (C=O) groups is 2. The van der Waals surface area contributed by atoms with Gasteiger partial charge in [0.05, 0.1) is 17.7 Å². The van der Waals surface area contributed by atoms with Crippen molar-refractivity contribution in [2.45, 2.75) is 38.5 Å². The maximum Gasteiger partial charge on any atom is 0.338 e. The lowest BCUT2D eigenvalue weighted by molar-refractivity contribution is -0.140. The maximum absolute atomic E-state index is 12.9. The van der Waals surface area contributed by atoms with Gasteiger partial charge < -0.3 is 25.4 Å². The number of rotatable bonds is 5. The van der Waals surface area contributed by atoms with E-state index in [1.54, 1.807) is 6.92 Å². The molecule has 4 rings (SSSR count). The zero-order chi connectivity index (χ0) is 21.8. The van der Waals surface area contributed by atoms with Gasteiger partial charge >= 0.3 is 12.0 Å². The second-order valence-corrected chi connectivity index (χ2v) is 7.94. The number of aliphatic hydroxyl groups is 1. The summed E-state index contributed by atoms with van der Waals surface area (Å²) in [4.78, 5) is 27.3. The summed E-state index contributed by atoms with van der Waals surface area (Å²) in [6.45, 7) is 3.48. The molecule has 2 aromatic rings. The maximum atomic E-state index is 12.9. The normalized spacial score (nSPS) is 19.6. The average Bonchev–Trinajstić information content (AvgIpc) is 2.78. The Labute approximate surface area is 181 Å². The molecule has 2 aliphatic rings. The van der Waals surface area contributed by atoms with Crippen LogP contribution in [0.3, 0.4) is 0 Å². The Kier molecular flexibility index (Phi) is 6.23. The van der Waals surface area contributed by atoms with Crippen molar-refractivity contribution in [3.63, 3.8) is 0 Å². The van der Waals surface area contributed by atoms with E-state index in [-0.39, 0.29) is 18.7 Å². The Morgan fingerprint density at radius 1 is 1.10 bits per heavy atom. The number of carbonyl (C=O) groups excluding carboxylic acids is 2. The van der Waals surface area contributed by atoms with E-state index in [9.17, 15) is 14.7 Å². The number of nitrogens with one attached hydrogen (secondary N) is 2. The highest BCUT2D eigenvalue weighted by molar-refractivity contribution is 5.95. The van der Waals surface area contributed by atoms with E-state index in [2.05, 4.69) is 15.5 Å². The van der Waals surface area contributed by atoms with Crippen LogP contribution in [0, 0.1) is 0 Å². The number of nitrogens with zero attached hydrogens (tertiary/aromatic N) is 1. The number of piperidine rings is 1. The number of aliphatic hydroxyl groups excluding tert-OH is 1. The molecule has 1 fully saturated rings. The van der Waals surface area contributed by atoms with Gasteiger partial charge in [-0.25, -0.2) is 9.59 Å². The van der Waals surface area contributed by atoms with Crippen LogP contribution < -0.4 is 15.5 Å². The standard InChI is InChI=1S/C24H27N3O4/c1-16-21(23(29)31-15-17-5-3-2-4-6-17)22(26-24(30)25-16)18-7-9-19(10-8-18)27-13-11-20(28)12-14-27/h2-10,20,22,28H,11-15H2,1H3,(H2,25,26,30). The molecule has 3 N–H and O–H groups in total. The predicted molar refractivity (Wildman–Crippen MR) is 117 cm³/mol. The molecule has 0 aromatic heterocycles. The second kappa shape index (κ2) is 9.22. The lowest BCUT2D eigenvalue weighted by Crippen LogP contribution is -2.45. The third-order valence-electron chi connectivity index (χ3n) is 5.76. The Bertz CT molecular complexity index is 964. The molecule has 7 nitrogen and oxygen atoms in total. The van der Waals surface area contributed by atoms with Crippen LogP contribution in [0.25, 0.3) is 0 Å². The number of hydrogen-bond acceptors (Lipinski definition) is 5. The largest absolute Gasteiger partial charge is 0.457 e. The molecule has 0 saturated carbocycles. The highest BCUT2D eigenvalue weighted by Crippen LogP contribution is 2.30. The van der Waals surface area contributed by atoms with Crippen LogP contribution in [0.4, 0.5) is 10.5 Å². The van der Waals surface area contributed by atoms with E-state index in [0.29, 0.717) is 11.3 Å². The summed E-state index contributed by atoms with van der Waals surface area (Å²) in [6.07, 6.45) is 1.29. The van der Waals surface area contributed by atoms with Gasteiger partial charge in [-0.05, 0) is 43.0 Å². The van der Waals surface area contributed by atoms with Gasteiger partial charge in [-0.3, -0.25) is 0 Å². The molecular weight excluding hydrogens is 394 g/mol. The monoisotopic (exact) mass is 421 g/mol. The van der Waals surface area contributed by atoms with E-state index >= 15 is 0 Å². The molecule has 7 heteroatoms. The molecule has 0 radical (unpaired) electrons. The summed E-state index contributed by atoms with van der Waals surface area (Å²) < 4.78 is 5.53. The van der Waals surface area contributed by atoms with E-state index in [0.717, 1.165) is 42.7 Å². The Morgan fingerprint density at radius 3 is 2.45 bits per heavy atom. The summed E-state index contributed by atoms with van der Waals surface area (Å²) in [5, 5.41) is 15.2. The first-order chi connectivity index (χ1) is 15.0. The van der Waals surface area contributed by atoms with Gasteiger partial charge in [0, 0.05) is 24.5 Å². The fourth-order valence-electron chi connectivity index (χ4n) is 4.02. The Morgan fingerprint density at radius 2 is 1.77 bits per heavy atom. The van der Waals surface area contributed by atoms with Crippen molar-refractivity contribution in [1.82, 2.24) is 10.6 Å². The third kappa shape index (κ3) is 4.88. The quantitative estimate of drug-likeness (QED) is 0.646. The van der Waals surface area contributed by atoms with Gasteiger partial charge in [0.2, 0.25) is 0 Å². The van der Waals surface area contributed by atoms with Crippen molar-refractivity contribution < 1.29 is 19.4 Å². The van der Waals surface area contributed by atoms with Gasteiger partial charge in [0.1, 0.15) is 6.61 Å². The summed E-state index contributed by atoms with van der Waals surface area (Å²) in [6, 6.07) is 16.4. The molecule has 2 aliphatic heterocycles. The van der Waals surface area contributed by atoms with Crippen LogP contribution in [-0.4, -0.2) is 36.3 Å². The van der Waals surface area contributed by atoms with Crippen LogP contribution in [0.1, 0.15) is 36.9 Å². The number of ether oxygens (including phenoxy) is 1. The molecule has 2 heterocycles. The van der Waals surface area contributed by atoms with Gasteiger partial charge in [-0.2, -0.15) is 0 Å². The van der Waals surface area contributed by atoms with Crippen LogP contribution in [0.2, 0.25) is 0 Å². The number of esters is 1. The molecule has 1 unspecified atom stereocenters. The summed E-state index contributed by atoms with van der Waals surface area (Å²) in [5.41, 5.74) is 3.64. The number of benzene rings is 2. The van der Waals surface area contributed by atoms with Crippen molar-refractivity contribution >= 4 is 17.7 Å². The van der Waals surface area contributed by atoms with E-state index in [4.69, 9.17) is 4.74 Å². The van der Waals surface area contributed by atoms with E-state index in [1.807, 2.05) is 54.6 Å². The second-order valence-electron chi connectivity index (χ2n) is 7.94. The summed E-state index contributed by atoms with van der Waals surface area (Å²) in [5.74, 6) is -0.465. The van der Waals surface area contributed by atoms with Crippen LogP contribution in [-0.2, 0) is 16.1 Å². The molecule has 0 spiro atoms. The molecule has 162 valence electrons. The molecular formula is C24H27N3O4. The van der Waals surface area contributed by atoms with Gasteiger partial charge in [0.15, 0.2) is 0 Å². The van der Waals surface area contributed by atoms with Gasteiger partial charge in [-0.15, -0.1) is 0 Å². The van der Waals surface area contributed by atoms with Crippen molar-refractivity contribution in [2.75, 3.05) is 18.0 Å². The van der Waals surface area contributed by atoms with Gasteiger partial charge in [0.25, 0.3) is 0 Å². The number of allylic oxidation sites excluding steroid dienone is 1. The first kappa shape index (κ1) is 20.9. The first-order valence-corrected chi connectivity index (χ1v) is 10.5. The van der Waals surface area contributed by atoms with Crippen LogP contribution in [0.5, 0.6) is 0 Å². The minimum atomic E-state index is -0.589. The van der Waals surface area contributed by atoms with Crippen molar-refractivity contribution in [1.29, 1.82) is 0 Å². The van der Waals surface area contributed by atoms with Gasteiger partial charge in [-0.1, -0.05) is 42.5 Å². The molecule has 31 heavy (non-hydrogen) atoms. The number of urea groups is 1. The molecule has 0 bridgehead atoms. The van der Waals surface area contributed by atoms with Crippen LogP contribution in [0.15, 0.2) is 65.9 Å². The fraction of sp³-hybridized carbons (Fsp3) is 0.333. The molecule has 2 amide bonds. The number of anilines is 1. The smallest absolute Gasteiger partial charge is 0.338 e. The topological polar surface area (TPSA) is 90.9 Å². The van der Waals surface area contributed by atoms with Crippen molar-refractivity contribution in [3.8, 4) is 0 Å².